The highest BCUT2D eigenvalue weighted by atomic mass is 32.1. The predicted octanol–water partition coefficient (Wildman–Crippen LogP) is 1.90. The van der Waals surface area contributed by atoms with Gasteiger partial charge in [0.15, 0.2) is 5.13 Å². The fourth-order valence-electron chi connectivity index (χ4n) is 2.44. The van der Waals surface area contributed by atoms with Crippen LogP contribution in [-0.2, 0) is 0 Å². The third kappa shape index (κ3) is 4.44. The molecule has 108 valence electrons. The van der Waals surface area contributed by atoms with E-state index in [1.54, 1.807) is 11.3 Å². The molecular formula is C14H26N4S. The Kier molecular flexibility index (Phi) is 5.60. The molecule has 1 aliphatic rings. The van der Waals surface area contributed by atoms with E-state index in [-0.39, 0.29) is 0 Å². The SMILES string of the molecule is CC(C)CNCC(C)N1CCN(c2nccs2)CC1. The number of aromatic nitrogens is 1. The summed E-state index contributed by atoms with van der Waals surface area (Å²) in [7, 11) is 0. The average Bonchev–Trinajstić information content (AvgIpc) is 2.92. The van der Waals surface area contributed by atoms with E-state index in [4.69, 9.17) is 0 Å². The first-order valence-electron chi connectivity index (χ1n) is 7.26. The normalized spacial score (nSPS) is 19.1. The molecule has 0 aliphatic carbocycles. The van der Waals surface area contributed by atoms with Crippen LogP contribution in [0.1, 0.15) is 20.8 Å². The highest BCUT2D eigenvalue weighted by molar-refractivity contribution is 7.13. The van der Waals surface area contributed by atoms with Crippen molar-refractivity contribution in [3.8, 4) is 0 Å². The number of thiazole rings is 1. The largest absolute Gasteiger partial charge is 0.346 e. The van der Waals surface area contributed by atoms with Gasteiger partial charge < -0.3 is 10.2 Å². The summed E-state index contributed by atoms with van der Waals surface area (Å²) >= 11 is 1.74. The Morgan fingerprint density at radius 2 is 1.95 bits per heavy atom. The van der Waals surface area contributed by atoms with Crippen LogP contribution in [0.25, 0.3) is 0 Å². The van der Waals surface area contributed by atoms with Crippen molar-refractivity contribution in [2.24, 2.45) is 5.92 Å². The van der Waals surface area contributed by atoms with Gasteiger partial charge in [-0.3, -0.25) is 4.90 Å². The van der Waals surface area contributed by atoms with Gasteiger partial charge in [-0.1, -0.05) is 13.8 Å². The zero-order valence-corrected chi connectivity index (χ0v) is 13.1. The maximum absolute atomic E-state index is 4.39. The summed E-state index contributed by atoms with van der Waals surface area (Å²) in [5.74, 6) is 0.731. The molecule has 0 amide bonds. The number of anilines is 1. The van der Waals surface area contributed by atoms with Crippen molar-refractivity contribution in [3.63, 3.8) is 0 Å². The maximum atomic E-state index is 4.39. The molecule has 1 aromatic rings. The summed E-state index contributed by atoms with van der Waals surface area (Å²) in [5, 5.41) is 6.78. The van der Waals surface area contributed by atoms with E-state index < -0.39 is 0 Å². The highest BCUT2D eigenvalue weighted by Crippen LogP contribution is 2.19. The lowest BCUT2D eigenvalue weighted by Gasteiger charge is -2.38. The third-order valence-electron chi connectivity index (χ3n) is 3.62. The first kappa shape index (κ1) is 14.8. The molecule has 1 saturated heterocycles. The van der Waals surface area contributed by atoms with Gasteiger partial charge in [0.2, 0.25) is 0 Å². The van der Waals surface area contributed by atoms with Gasteiger partial charge in [0.25, 0.3) is 0 Å². The molecule has 4 nitrogen and oxygen atoms in total. The van der Waals surface area contributed by atoms with Gasteiger partial charge in [0.05, 0.1) is 0 Å². The summed E-state index contributed by atoms with van der Waals surface area (Å²) in [4.78, 5) is 9.37. The first-order chi connectivity index (χ1) is 9.16. The van der Waals surface area contributed by atoms with E-state index in [9.17, 15) is 0 Å². The Bertz CT molecular complexity index is 344. The van der Waals surface area contributed by atoms with E-state index >= 15 is 0 Å². The molecule has 1 fully saturated rings. The number of hydrogen-bond acceptors (Lipinski definition) is 5. The molecule has 0 aromatic carbocycles. The van der Waals surface area contributed by atoms with E-state index in [1.807, 2.05) is 6.20 Å². The van der Waals surface area contributed by atoms with Crippen molar-refractivity contribution in [3.05, 3.63) is 11.6 Å². The number of nitrogens with one attached hydrogen (secondary N) is 1. The van der Waals surface area contributed by atoms with Crippen LogP contribution in [0.2, 0.25) is 0 Å². The lowest BCUT2D eigenvalue weighted by molar-refractivity contribution is 0.192. The Morgan fingerprint density at radius 1 is 1.21 bits per heavy atom. The topological polar surface area (TPSA) is 31.4 Å². The minimum Gasteiger partial charge on any atom is -0.346 e. The summed E-state index contributed by atoms with van der Waals surface area (Å²) in [6, 6.07) is 0.622. The molecule has 1 atom stereocenters. The molecule has 5 heteroatoms. The van der Waals surface area contributed by atoms with E-state index in [1.165, 1.54) is 5.13 Å². The lowest BCUT2D eigenvalue weighted by Crippen LogP contribution is -2.52. The number of rotatable bonds is 6. The van der Waals surface area contributed by atoms with Crippen LogP contribution in [0, 0.1) is 5.92 Å². The second-order valence-electron chi connectivity index (χ2n) is 5.74. The second kappa shape index (κ2) is 7.22. The van der Waals surface area contributed by atoms with Crippen LogP contribution in [0.5, 0.6) is 0 Å². The first-order valence-corrected chi connectivity index (χ1v) is 8.14. The fourth-order valence-corrected chi connectivity index (χ4v) is 3.13. The van der Waals surface area contributed by atoms with Gasteiger partial charge in [-0.25, -0.2) is 4.98 Å². The molecule has 2 rings (SSSR count). The molecule has 19 heavy (non-hydrogen) atoms. The Morgan fingerprint density at radius 3 is 2.53 bits per heavy atom. The monoisotopic (exact) mass is 282 g/mol. The van der Waals surface area contributed by atoms with Crippen molar-refractivity contribution in [1.29, 1.82) is 0 Å². The van der Waals surface area contributed by atoms with Crippen molar-refractivity contribution in [2.75, 3.05) is 44.2 Å². The zero-order chi connectivity index (χ0) is 13.7. The zero-order valence-electron chi connectivity index (χ0n) is 12.3. The van der Waals surface area contributed by atoms with E-state index in [2.05, 4.69) is 46.3 Å². The minimum atomic E-state index is 0.622. The van der Waals surface area contributed by atoms with Crippen LogP contribution in [-0.4, -0.2) is 55.2 Å². The van der Waals surface area contributed by atoms with Gasteiger partial charge in [0.1, 0.15) is 0 Å². The summed E-state index contributed by atoms with van der Waals surface area (Å²) in [6.45, 7) is 13.5. The van der Waals surface area contributed by atoms with Crippen LogP contribution >= 0.6 is 11.3 Å². The summed E-state index contributed by atoms with van der Waals surface area (Å²) in [6.07, 6.45) is 1.89. The molecule has 1 aromatic heterocycles. The number of hydrogen-bond donors (Lipinski definition) is 1. The van der Waals surface area contributed by atoms with Crippen molar-refractivity contribution in [1.82, 2.24) is 15.2 Å². The molecule has 2 heterocycles. The number of piperazine rings is 1. The molecule has 1 aliphatic heterocycles. The molecule has 1 N–H and O–H groups in total. The standard InChI is InChI=1S/C14H26N4S/c1-12(2)10-15-11-13(3)17-5-7-18(8-6-17)14-16-4-9-19-14/h4,9,12-13,15H,5-8,10-11H2,1-3H3. The summed E-state index contributed by atoms with van der Waals surface area (Å²) < 4.78 is 0. The quantitative estimate of drug-likeness (QED) is 0.863. The lowest BCUT2D eigenvalue weighted by atomic mass is 10.2. The average molecular weight is 282 g/mol. The van der Waals surface area contributed by atoms with Gasteiger partial charge >= 0.3 is 0 Å². The Balaban J connectivity index is 1.70. The molecule has 1 unspecified atom stereocenters. The molecule has 0 radical (unpaired) electrons. The molecule has 0 bridgehead atoms. The van der Waals surface area contributed by atoms with Crippen molar-refractivity contribution >= 4 is 16.5 Å². The smallest absolute Gasteiger partial charge is 0.185 e. The van der Waals surface area contributed by atoms with Gasteiger partial charge in [-0.15, -0.1) is 11.3 Å². The third-order valence-corrected chi connectivity index (χ3v) is 4.45. The minimum absolute atomic E-state index is 0.622. The van der Waals surface area contributed by atoms with Crippen LogP contribution in [0.15, 0.2) is 11.6 Å². The molecule has 0 spiro atoms. The van der Waals surface area contributed by atoms with Gasteiger partial charge in [-0.2, -0.15) is 0 Å². The van der Waals surface area contributed by atoms with Crippen LogP contribution < -0.4 is 10.2 Å². The molecular weight excluding hydrogens is 256 g/mol. The van der Waals surface area contributed by atoms with E-state index in [0.717, 1.165) is 45.2 Å². The summed E-state index contributed by atoms with van der Waals surface area (Å²) in [5.41, 5.74) is 0. The Hall–Kier alpha value is -0.650. The van der Waals surface area contributed by atoms with Crippen LogP contribution in [0.4, 0.5) is 5.13 Å². The van der Waals surface area contributed by atoms with Gasteiger partial charge in [-0.05, 0) is 19.4 Å². The van der Waals surface area contributed by atoms with Crippen molar-refractivity contribution < 1.29 is 0 Å². The predicted molar refractivity (Wildman–Crippen MR) is 83.1 cm³/mol. The Labute approximate surface area is 120 Å². The van der Waals surface area contributed by atoms with Crippen LogP contribution in [0.3, 0.4) is 0 Å². The molecule has 0 saturated carbocycles. The van der Waals surface area contributed by atoms with E-state index in [0.29, 0.717) is 6.04 Å². The fraction of sp³-hybridized carbons (Fsp3) is 0.786. The highest BCUT2D eigenvalue weighted by Gasteiger charge is 2.21. The van der Waals surface area contributed by atoms with Crippen molar-refractivity contribution in [2.45, 2.75) is 26.8 Å². The van der Waals surface area contributed by atoms with Gasteiger partial charge in [0, 0.05) is 50.3 Å². The number of nitrogens with zero attached hydrogens (tertiary/aromatic N) is 3. The second-order valence-corrected chi connectivity index (χ2v) is 6.61. The maximum Gasteiger partial charge on any atom is 0.185 e.